The molecule has 0 spiro atoms. The van der Waals surface area contributed by atoms with Crippen LogP contribution in [0, 0.1) is 0 Å². The van der Waals surface area contributed by atoms with Crippen molar-refractivity contribution in [3.05, 3.63) is 0 Å². The van der Waals surface area contributed by atoms with Gasteiger partial charge in [-0.05, 0) is 33.4 Å². The molecule has 1 heterocycles. The normalized spacial score (nSPS) is 25.9. The van der Waals surface area contributed by atoms with Gasteiger partial charge >= 0.3 is 0 Å². The summed E-state index contributed by atoms with van der Waals surface area (Å²) in [4.78, 5) is 4.98. The molecule has 0 aliphatic carbocycles. The first-order valence-corrected chi connectivity index (χ1v) is 6.32. The maximum Gasteiger partial charge on any atom is 0.0618 e. The van der Waals surface area contributed by atoms with Crippen LogP contribution in [0.5, 0.6) is 0 Å². The molecule has 1 aliphatic rings. The third-order valence-corrected chi connectivity index (χ3v) is 3.61. The Balaban J connectivity index is 2.43. The van der Waals surface area contributed by atoms with Gasteiger partial charge in [0.1, 0.15) is 0 Å². The van der Waals surface area contributed by atoms with E-state index < -0.39 is 0 Å². The second-order valence-corrected chi connectivity index (χ2v) is 4.86. The fourth-order valence-corrected chi connectivity index (χ4v) is 2.33. The van der Waals surface area contributed by atoms with Gasteiger partial charge in [0.05, 0.1) is 6.61 Å². The van der Waals surface area contributed by atoms with Gasteiger partial charge in [-0.25, -0.2) is 0 Å². The van der Waals surface area contributed by atoms with E-state index in [0.29, 0.717) is 12.1 Å². The summed E-state index contributed by atoms with van der Waals surface area (Å²) < 4.78 is 5.32. The quantitative estimate of drug-likeness (QED) is 0.715. The fourth-order valence-electron chi connectivity index (χ4n) is 2.33. The van der Waals surface area contributed by atoms with Gasteiger partial charge in [-0.15, -0.1) is 0 Å². The highest BCUT2D eigenvalue weighted by molar-refractivity contribution is 4.82. The van der Waals surface area contributed by atoms with Gasteiger partial charge in [-0.1, -0.05) is 0 Å². The van der Waals surface area contributed by atoms with E-state index in [9.17, 15) is 0 Å². The molecule has 1 rings (SSSR count). The molecule has 0 aromatic carbocycles. The average Bonchev–Trinajstić information content (AvgIpc) is 2.28. The minimum Gasteiger partial charge on any atom is -0.383 e. The van der Waals surface area contributed by atoms with Crippen LogP contribution in [-0.2, 0) is 4.74 Å². The Morgan fingerprint density at radius 2 is 2.19 bits per heavy atom. The second kappa shape index (κ2) is 7.22. The highest BCUT2D eigenvalue weighted by Crippen LogP contribution is 2.14. The number of hydrogen-bond donors (Lipinski definition) is 1. The molecule has 1 aliphatic heterocycles. The molecule has 2 unspecified atom stereocenters. The summed E-state index contributed by atoms with van der Waals surface area (Å²) in [5.41, 5.74) is 5.58. The van der Waals surface area contributed by atoms with Crippen molar-refractivity contribution in [1.82, 2.24) is 9.80 Å². The van der Waals surface area contributed by atoms with E-state index >= 15 is 0 Å². The first-order valence-electron chi connectivity index (χ1n) is 6.32. The van der Waals surface area contributed by atoms with Gasteiger partial charge in [-0.3, -0.25) is 4.90 Å². The summed E-state index contributed by atoms with van der Waals surface area (Å²) in [5, 5.41) is 0. The lowest BCUT2D eigenvalue weighted by Gasteiger charge is -2.41. The molecule has 0 bridgehead atoms. The number of piperazine rings is 1. The standard InChI is InChI=1S/C12H27N3O/c1-11-9-15(8-7-14(11)2)12(10-16-3)5-4-6-13/h11-12H,4-10,13H2,1-3H3. The van der Waals surface area contributed by atoms with Crippen LogP contribution >= 0.6 is 0 Å². The molecule has 1 fully saturated rings. The number of ether oxygens (including phenoxy) is 1. The van der Waals surface area contributed by atoms with Gasteiger partial charge in [0, 0.05) is 38.8 Å². The van der Waals surface area contributed by atoms with Crippen molar-refractivity contribution in [1.29, 1.82) is 0 Å². The van der Waals surface area contributed by atoms with E-state index in [1.165, 1.54) is 0 Å². The zero-order valence-corrected chi connectivity index (χ0v) is 11.0. The fraction of sp³-hybridized carbons (Fsp3) is 1.00. The monoisotopic (exact) mass is 229 g/mol. The van der Waals surface area contributed by atoms with E-state index in [1.54, 1.807) is 7.11 Å². The molecule has 0 aromatic rings. The van der Waals surface area contributed by atoms with E-state index in [4.69, 9.17) is 10.5 Å². The number of rotatable bonds is 6. The van der Waals surface area contributed by atoms with Crippen LogP contribution in [0.3, 0.4) is 0 Å². The van der Waals surface area contributed by atoms with Crippen molar-refractivity contribution in [2.45, 2.75) is 31.8 Å². The van der Waals surface area contributed by atoms with Crippen LogP contribution in [0.15, 0.2) is 0 Å². The molecule has 2 N–H and O–H groups in total. The van der Waals surface area contributed by atoms with E-state index in [0.717, 1.165) is 45.6 Å². The maximum absolute atomic E-state index is 5.58. The largest absolute Gasteiger partial charge is 0.383 e. The third-order valence-electron chi connectivity index (χ3n) is 3.61. The number of nitrogens with zero attached hydrogens (tertiary/aromatic N) is 2. The topological polar surface area (TPSA) is 41.7 Å². The molecule has 4 nitrogen and oxygen atoms in total. The summed E-state index contributed by atoms with van der Waals surface area (Å²) in [6.07, 6.45) is 2.25. The number of methoxy groups -OCH3 is 1. The van der Waals surface area contributed by atoms with Crippen LogP contribution in [0.25, 0.3) is 0 Å². The predicted molar refractivity (Wildman–Crippen MR) is 67.6 cm³/mol. The Morgan fingerprint density at radius 1 is 1.44 bits per heavy atom. The van der Waals surface area contributed by atoms with Gasteiger partial charge in [0.2, 0.25) is 0 Å². The molecular formula is C12H27N3O. The van der Waals surface area contributed by atoms with Gasteiger partial charge < -0.3 is 15.4 Å². The Kier molecular flexibility index (Phi) is 6.28. The Hall–Kier alpha value is -0.160. The first-order chi connectivity index (χ1) is 7.69. The number of nitrogens with two attached hydrogens (primary N) is 1. The van der Waals surface area contributed by atoms with E-state index in [1.807, 2.05) is 0 Å². The molecule has 4 heteroatoms. The minimum atomic E-state index is 0.546. The Bertz CT molecular complexity index is 187. The molecule has 0 saturated carbocycles. The van der Waals surface area contributed by atoms with Crippen LogP contribution < -0.4 is 5.73 Å². The zero-order chi connectivity index (χ0) is 12.0. The molecule has 96 valence electrons. The summed E-state index contributed by atoms with van der Waals surface area (Å²) in [5.74, 6) is 0. The SMILES string of the molecule is COCC(CCCN)N1CCN(C)C(C)C1. The molecule has 2 atom stereocenters. The smallest absolute Gasteiger partial charge is 0.0618 e. The van der Waals surface area contributed by atoms with Crippen molar-refractivity contribution in [2.75, 3.05) is 46.9 Å². The summed E-state index contributed by atoms with van der Waals surface area (Å²) in [7, 11) is 3.99. The first kappa shape index (κ1) is 13.9. The van der Waals surface area contributed by atoms with Crippen molar-refractivity contribution < 1.29 is 4.74 Å². The lowest BCUT2D eigenvalue weighted by atomic mass is 10.1. The predicted octanol–water partition coefficient (Wildman–Crippen LogP) is 0.376. The van der Waals surface area contributed by atoms with Crippen molar-refractivity contribution >= 4 is 0 Å². The number of likely N-dealkylation sites (N-methyl/N-ethyl adjacent to an activating group) is 1. The van der Waals surface area contributed by atoms with Crippen LogP contribution in [-0.4, -0.2) is 68.8 Å². The summed E-state index contributed by atoms with van der Waals surface area (Å²) in [6, 6.07) is 1.19. The Morgan fingerprint density at radius 3 is 2.75 bits per heavy atom. The van der Waals surface area contributed by atoms with E-state index in [-0.39, 0.29) is 0 Å². The highest BCUT2D eigenvalue weighted by Gasteiger charge is 2.25. The van der Waals surface area contributed by atoms with Gasteiger partial charge in [0.25, 0.3) is 0 Å². The lowest BCUT2D eigenvalue weighted by molar-refractivity contribution is 0.0305. The Labute approximate surface area is 99.7 Å². The second-order valence-electron chi connectivity index (χ2n) is 4.86. The minimum absolute atomic E-state index is 0.546. The molecule has 16 heavy (non-hydrogen) atoms. The van der Waals surface area contributed by atoms with Crippen molar-refractivity contribution in [3.63, 3.8) is 0 Å². The van der Waals surface area contributed by atoms with E-state index in [2.05, 4.69) is 23.8 Å². The molecular weight excluding hydrogens is 202 g/mol. The summed E-state index contributed by atoms with van der Waals surface area (Å²) >= 11 is 0. The summed E-state index contributed by atoms with van der Waals surface area (Å²) in [6.45, 7) is 7.36. The molecule has 1 saturated heterocycles. The van der Waals surface area contributed by atoms with Crippen molar-refractivity contribution in [3.8, 4) is 0 Å². The van der Waals surface area contributed by atoms with Crippen molar-refractivity contribution in [2.24, 2.45) is 5.73 Å². The van der Waals surface area contributed by atoms with Gasteiger partial charge in [-0.2, -0.15) is 0 Å². The molecule has 0 amide bonds. The zero-order valence-electron chi connectivity index (χ0n) is 11.0. The molecule has 0 aromatic heterocycles. The highest BCUT2D eigenvalue weighted by atomic mass is 16.5. The average molecular weight is 229 g/mol. The molecule has 0 radical (unpaired) electrons. The maximum atomic E-state index is 5.58. The van der Waals surface area contributed by atoms with Crippen LogP contribution in [0.1, 0.15) is 19.8 Å². The third kappa shape index (κ3) is 4.01. The van der Waals surface area contributed by atoms with Crippen LogP contribution in [0.2, 0.25) is 0 Å². The number of hydrogen-bond acceptors (Lipinski definition) is 4. The van der Waals surface area contributed by atoms with Gasteiger partial charge in [0.15, 0.2) is 0 Å². The van der Waals surface area contributed by atoms with Crippen LogP contribution in [0.4, 0.5) is 0 Å². The lowest BCUT2D eigenvalue weighted by Crippen LogP contribution is -2.54.